The summed E-state index contributed by atoms with van der Waals surface area (Å²) in [6, 6.07) is 5.49. The normalized spacial score (nSPS) is 9.09. The van der Waals surface area contributed by atoms with Crippen molar-refractivity contribution < 1.29 is 14.5 Å². The second-order valence-corrected chi connectivity index (χ2v) is 2.00. The van der Waals surface area contributed by atoms with Crippen LogP contribution in [-0.2, 0) is 11.3 Å². The van der Waals surface area contributed by atoms with Gasteiger partial charge >= 0.3 is 6.09 Å². The Labute approximate surface area is 64.0 Å². The van der Waals surface area contributed by atoms with Gasteiger partial charge in [0, 0.05) is 12.1 Å². The molecule has 0 radical (unpaired) electrons. The third-order valence-corrected chi connectivity index (χ3v) is 1.14. The number of hydrogen-bond acceptors (Lipinski definition) is 2. The Bertz CT molecular complexity index is 235. The van der Waals surface area contributed by atoms with Gasteiger partial charge in [0.15, 0.2) is 12.8 Å². The van der Waals surface area contributed by atoms with Crippen LogP contribution in [0.3, 0.4) is 0 Å². The summed E-state index contributed by atoms with van der Waals surface area (Å²) >= 11 is 0. The summed E-state index contributed by atoms with van der Waals surface area (Å²) in [6.45, 7) is 0.191. The number of amides is 1. The number of carbonyl (C=O) groups is 1. The molecule has 1 aromatic rings. The molecule has 4 heteroatoms. The Morgan fingerprint density at radius 2 is 2.45 bits per heavy atom. The third-order valence-electron chi connectivity index (χ3n) is 1.14. The summed E-state index contributed by atoms with van der Waals surface area (Å²) in [5, 5.41) is 0. The number of H-pyrrole nitrogens is 1. The molecule has 0 fully saturated rings. The van der Waals surface area contributed by atoms with E-state index in [1.807, 2.05) is 18.2 Å². The van der Waals surface area contributed by atoms with Gasteiger partial charge in [0.05, 0.1) is 0 Å². The quantitative estimate of drug-likeness (QED) is 0.654. The molecule has 0 aromatic carbocycles. The van der Waals surface area contributed by atoms with Crippen molar-refractivity contribution in [2.24, 2.45) is 5.73 Å². The molecule has 0 spiro atoms. The minimum Gasteiger partial charge on any atom is -0.438 e. The van der Waals surface area contributed by atoms with Gasteiger partial charge in [0.25, 0.3) is 0 Å². The van der Waals surface area contributed by atoms with Crippen molar-refractivity contribution in [1.29, 1.82) is 0 Å². The summed E-state index contributed by atoms with van der Waals surface area (Å²) in [5.41, 5.74) is 5.58. The summed E-state index contributed by atoms with van der Waals surface area (Å²) in [4.78, 5) is 13.0. The molecule has 0 unspecified atom stereocenters. The lowest BCUT2D eigenvalue weighted by atomic mass is 10.4. The lowest BCUT2D eigenvalue weighted by Crippen LogP contribution is -2.17. The van der Waals surface area contributed by atoms with Crippen LogP contribution in [0.2, 0.25) is 0 Å². The molecule has 0 saturated heterocycles. The molecule has 3 N–H and O–H groups in total. The minimum absolute atomic E-state index is 0.191. The fraction of sp³-hybridized carbons (Fsp3) is 0.143. The zero-order valence-electron chi connectivity index (χ0n) is 5.91. The van der Waals surface area contributed by atoms with Gasteiger partial charge in [-0.25, -0.2) is 9.78 Å². The summed E-state index contributed by atoms with van der Waals surface area (Å²) in [7, 11) is 0. The SMILES string of the molecule is NC(=O)OCc1cccc[nH+]1. The maximum Gasteiger partial charge on any atom is 0.405 e. The van der Waals surface area contributed by atoms with Crippen LogP contribution in [0.25, 0.3) is 0 Å². The number of primary amides is 1. The van der Waals surface area contributed by atoms with E-state index in [1.165, 1.54) is 0 Å². The first kappa shape index (κ1) is 7.53. The van der Waals surface area contributed by atoms with Crippen LogP contribution in [0.1, 0.15) is 5.69 Å². The van der Waals surface area contributed by atoms with Crippen molar-refractivity contribution >= 4 is 6.09 Å². The molecule has 0 atom stereocenters. The van der Waals surface area contributed by atoms with E-state index < -0.39 is 6.09 Å². The highest BCUT2D eigenvalue weighted by molar-refractivity contribution is 5.64. The second kappa shape index (κ2) is 3.55. The molecule has 1 heterocycles. The van der Waals surface area contributed by atoms with Crippen LogP contribution >= 0.6 is 0 Å². The molecular formula is C7H9N2O2+. The van der Waals surface area contributed by atoms with Crippen LogP contribution in [0, 0.1) is 0 Å². The first-order valence-corrected chi connectivity index (χ1v) is 3.17. The topological polar surface area (TPSA) is 66.5 Å². The Morgan fingerprint density at radius 1 is 1.64 bits per heavy atom. The Morgan fingerprint density at radius 3 is 3.00 bits per heavy atom. The van der Waals surface area contributed by atoms with E-state index in [0.29, 0.717) is 0 Å². The van der Waals surface area contributed by atoms with E-state index in [-0.39, 0.29) is 6.61 Å². The van der Waals surface area contributed by atoms with Crippen molar-refractivity contribution in [3.05, 3.63) is 30.1 Å². The number of rotatable bonds is 2. The lowest BCUT2D eigenvalue weighted by molar-refractivity contribution is -0.394. The number of aromatic nitrogens is 1. The zero-order chi connectivity index (χ0) is 8.10. The average molecular weight is 153 g/mol. The highest BCUT2D eigenvalue weighted by Gasteiger charge is 2.00. The Balaban J connectivity index is 2.45. The van der Waals surface area contributed by atoms with Gasteiger partial charge in [-0.1, -0.05) is 0 Å². The first-order valence-electron chi connectivity index (χ1n) is 3.17. The van der Waals surface area contributed by atoms with E-state index >= 15 is 0 Å². The van der Waals surface area contributed by atoms with Crippen molar-refractivity contribution in [1.82, 2.24) is 0 Å². The van der Waals surface area contributed by atoms with Gasteiger partial charge in [-0.3, -0.25) is 0 Å². The maximum atomic E-state index is 10.2. The number of carbonyl (C=O) groups excluding carboxylic acids is 1. The largest absolute Gasteiger partial charge is 0.438 e. The molecule has 1 rings (SSSR count). The molecule has 0 aliphatic heterocycles. The predicted molar refractivity (Wildman–Crippen MR) is 37.4 cm³/mol. The maximum absolute atomic E-state index is 10.2. The monoisotopic (exact) mass is 153 g/mol. The van der Waals surface area contributed by atoms with E-state index in [1.54, 1.807) is 6.20 Å². The number of nitrogens with two attached hydrogens (primary N) is 1. The molecule has 1 aromatic heterocycles. The molecule has 0 bridgehead atoms. The fourth-order valence-corrected chi connectivity index (χ4v) is 0.669. The smallest absolute Gasteiger partial charge is 0.405 e. The average Bonchev–Trinajstić information content (AvgIpc) is 2.03. The van der Waals surface area contributed by atoms with Crippen LogP contribution in [0.4, 0.5) is 4.79 Å². The van der Waals surface area contributed by atoms with Gasteiger partial charge in [0.2, 0.25) is 5.69 Å². The van der Waals surface area contributed by atoms with Gasteiger partial charge in [-0.05, 0) is 6.07 Å². The van der Waals surface area contributed by atoms with E-state index in [4.69, 9.17) is 5.73 Å². The van der Waals surface area contributed by atoms with Crippen molar-refractivity contribution in [3.63, 3.8) is 0 Å². The first-order chi connectivity index (χ1) is 5.29. The van der Waals surface area contributed by atoms with Gasteiger partial charge < -0.3 is 10.5 Å². The fourth-order valence-electron chi connectivity index (χ4n) is 0.669. The Kier molecular flexibility index (Phi) is 2.43. The molecule has 0 aliphatic rings. The van der Waals surface area contributed by atoms with Crippen LogP contribution in [0.5, 0.6) is 0 Å². The van der Waals surface area contributed by atoms with Crippen molar-refractivity contribution in [2.75, 3.05) is 0 Å². The molecule has 0 saturated carbocycles. The zero-order valence-corrected chi connectivity index (χ0v) is 5.91. The van der Waals surface area contributed by atoms with Crippen LogP contribution in [0.15, 0.2) is 24.4 Å². The third kappa shape index (κ3) is 2.66. The second-order valence-electron chi connectivity index (χ2n) is 2.00. The van der Waals surface area contributed by atoms with Gasteiger partial charge in [-0.2, -0.15) is 0 Å². The number of hydrogen-bond donors (Lipinski definition) is 1. The molecule has 1 amide bonds. The van der Waals surface area contributed by atoms with Gasteiger partial charge in [0.1, 0.15) is 0 Å². The minimum atomic E-state index is -0.762. The lowest BCUT2D eigenvalue weighted by Gasteiger charge is -1.94. The molecule has 0 aliphatic carbocycles. The predicted octanol–water partition coefficient (Wildman–Crippen LogP) is 0.0960. The molecular weight excluding hydrogens is 144 g/mol. The highest BCUT2D eigenvalue weighted by Crippen LogP contribution is 1.90. The van der Waals surface area contributed by atoms with Crippen molar-refractivity contribution in [3.8, 4) is 0 Å². The highest BCUT2D eigenvalue weighted by atomic mass is 16.5. The van der Waals surface area contributed by atoms with Crippen molar-refractivity contribution in [2.45, 2.75) is 6.61 Å². The molecule has 11 heavy (non-hydrogen) atoms. The summed E-state index contributed by atoms with van der Waals surface area (Å²) < 4.78 is 4.54. The summed E-state index contributed by atoms with van der Waals surface area (Å²) in [5.74, 6) is 0. The van der Waals surface area contributed by atoms with Gasteiger partial charge in [-0.15, -0.1) is 0 Å². The van der Waals surface area contributed by atoms with E-state index in [9.17, 15) is 4.79 Å². The number of aromatic amines is 1. The standard InChI is InChI=1S/C7H8N2O2/c8-7(10)11-5-6-3-1-2-4-9-6/h1-4H,5H2,(H2,8,10)/p+1. The Hall–Kier alpha value is -1.58. The van der Waals surface area contributed by atoms with E-state index in [0.717, 1.165) is 5.69 Å². The van der Waals surface area contributed by atoms with E-state index in [2.05, 4.69) is 9.72 Å². The summed E-state index contributed by atoms with van der Waals surface area (Å²) in [6.07, 6.45) is 0.988. The molecule has 4 nitrogen and oxygen atoms in total. The van der Waals surface area contributed by atoms with Crippen LogP contribution < -0.4 is 10.7 Å². The molecule has 58 valence electrons. The van der Waals surface area contributed by atoms with Crippen LogP contribution in [-0.4, -0.2) is 6.09 Å². The number of ether oxygens (including phenoxy) is 1. The number of pyridine rings is 1. The number of nitrogens with one attached hydrogen (secondary N) is 1.